The van der Waals surface area contributed by atoms with Crippen LogP contribution in [-0.2, 0) is 20.5 Å². The van der Waals surface area contributed by atoms with Crippen LogP contribution in [0.25, 0.3) is 5.65 Å². The zero-order chi connectivity index (χ0) is 14.4. The Morgan fingerprint density at radius 1 is 1.35 bits per heavy atom. The standard InChI is InChI=1S/C13H18N7/c1-8-9(6-11-18(2)4-5-19(11)3)12(15)20-13(17-8)10(14)7-16-20/h4-5,7H,6,14-15H2,1-3H3/q+1. The van der Waals surface area contributed by atoms with Crippen LogP contribution in [0.5, 0.6) is 0 Å². The van der Waals surface area contributed by atoms with Crippen LogP contribution in [0.1, 0.15) is 17.1 Å². The molecule has 0 aliphatic rings. The number of rotatable bonds is 2. The molecule has 3 heterocycles. The normalized spacial score (nSPS) is 11.3. The van der Waals surface area contributed by atoms with Gasteiger partial charge in [-0.2, -0.15) is 9.61 Å². The smallest absolute Gasteiger partial charge is 0.260 e. The molecule has 0 saturated heterocycles. The maximum absolute atomic E-state index is 6.24. The van der Waals surface area contributed by atoms with E-state index < -0.39 is 0 Å². The Bertz CT molecular complexity index is 777. The molecule has 20 heavy (non-hydrogen) atoms. The van der Waals surface area contributed by atoms with Gasteiger partial charge in [-0.15, -0.1) is 0 Å². The predicted molar refractivity (Wildman–Crippen MR) is 75.9 cm³/mol. The van der Waals surface area contributed by atoms with Crippen LogP contribution in [0.15, 0.2) is 18.6 Å². The van der Waals surface area contributed by atoms with Crippen molar-refractivity contribution in [3.8, 4) is 0 Å². The number of anilines is 2. The third-order valence-corrected chi connectivity index (χ3v) is 3.68. The van der Waals surface area contributed by atoms with Gasteiger partial charge >= 0.3 is 0 Å². The average Bonchev–Trinajstić information content (AvgIpc) is 2.91. The van der Waals surface area contributed by atoms with E-state index in [0.29, 0.717) is 23.6 Å². The minimum Gasteiger partial charge on any atom is -0.394 e. The number of hydrogen-bond donors (Lipinski definition) is 2. The van der Waals surface area contributed by atoms with Crippen LogP contribution in [-0.4, -0.2) is 19.2 Å². The topological polar surface area (TPSA) is 91.0 Å². The highest BCUT2D eigenvalue weighted by atomic mass is 15.3. The monoisotopic (exact) mass is 272 g/mol. The minimum atomic E-state index is 0.538. The Labute approximate surface area is 116 Å². The summed E-state index contributed by atoms with van der Waals surface area (Å²) in [5, 5.41) is 4.18. The van der Waals surface area contributed by atoms with Gasteiger partial charge in [0.2, 0.25) is 0 Å². The van der Waals surface area contributed by atoms with Crippen LogP contribution in [0.2, 0.25) is 0 Å². The fraction of sp³-hybridized carbons (Fsp3) is 0.308. The maximum Gasteiger partial charge on any atom is 0.260 e. The van der Waals surface area contributed by atoms with Gasteiger partial charge in [0.15, 0.2) is 5.65 Å². The molecule has 0 atom stereocenters. The molecule has 0 aliphatic carbocycles. The molecule has 0 amide bonds. The molecule has 3 rings (SSSR count). The van der Waals surface area contributed by atoms with E-state index in [9.17, 15) is 0 Å². The molecule has 3 aromatic heterocycles. The summed E-state index contributed by atoms with van der Waals surface area (Å²) in [4.78, 5) is 4.51. The Morgan fingerprint density at radius 2 is 2.10 bits per heavy atom. The number of aryl methyl sites for hydroxylation is 3. The molecular formula is C13H18N7+. The number of nitrogens with two attached hydrogens (primary N) is 2. The second-order valence-electron chi connectivity index (χ2n) is 5.01. The number of hydrogen-bond acceptors (Lipinski definition) is 4. The Hall–Kier alpha value is -2.57. The van der Waals surface area contributed by atoms with Crippen LogP contribution < -0.4 is 16.0 Å². The molecule has 3 aromatic rings. The Kier molecular flexibility index (Phi) is 2.63. The van der Waals surface area contributed by atoms with Gasteiger partial charge in [0.1, 0.15) is 18.2 Å². The van der Waals surface area contributed by atoms with Crippen LogP contribution in [0.3, 0.4) is 0 Å². The lowest BCUT2D eigenvalue weighted by Crippen LogP contribution is -2.32. The van der Waals surface area contributed by atoms with E-state index in [1.165, 1.54) is 0 Å². The lowest BCUT2D eigenvalue weighted by molar-refractivity contribution is -0.678. The van der Waals surface area contributed by atoms with Crippen LogP contribution in [0, 0.1) is 6.92 Å². The quantitative estimate of drug-likeness (QED) is 0.640. The van der Waals surface area contributed by atoms with Crippen molar-refractivity contribution in [2.75, 3.05) is 11.5 Å². The molecule has 4 N–H and O–H groups in total. The van der Waals surface area contributed by atoms with Gasteiger partial charge in [0, 0.05) is 11.3 Å². The zero-order valence-corrected chi connectivity index (χ0v) is 11.8. The lowest BCUT2D eigenvalue weighted by Gasteiger charge is -2.09. The van der Waals surface area contributed by atoms with Gasteiger partial charge in [-0.05, 0) is 6.92 Å². The highest BCUT2D eigenvalue weighted by Gasteiger charge is 2.19. The van der Waals surface area contributed by atoms with Crippen molar-refractivity contribution in [2.45, 2.75) is 13.3 Å². The molecule has 104 valence electrons. The molecule has 0 fully saturated rings. The highest BCUT2D eigenvalue weighted by molar-refractivity contribution is 5.67. The Balaban J connectivity index is 2.17. The fourth-order valence-electron chi connectivity index (χ4n) is 2.43. The SMILES string of the molecule is Cc1nc2c(N)cnn2c(N)c1Cc1n(C)cc[n+]1C. The molecule has 0 saturated carbocycles. The summed E-state index contributed by atoms with van der Waals surface area (Å²) in [7, 11) is 4.03. The summed E-state index contributed by atoms with van der Waals surface area (Å²) in [5.74, 6) is 1.73. The number of imidazole rings is 1. The lowest BCUT2D eigenvalue weighted by atomic mass is 10.1. The Morgan fingerprint density at radius 3 is 2.75 bits per heavy atom. The number of nitrogen functional groups attached to an aromatic ring is 2. The largest absolute Gasteiger partial charge is 0.394 e. The third-order valence-electron chi connectivity index (χ3n) is 3.68. The van der Waals surface area contributed by atoms with Gasteiger partial charge in [0.05, 0.1) is 32.4 Å². The fourth-order valence-corrected chi connectivity index (χ4v) is 2.43. The van der Waals surface area contributed by atoms with Crippen molar-refractivity contribution in [2.24, 2.45) is 14.1 Å². The van der Waals surface area contributed by atoms with E-state index in [0.717, 1.165) is 17.1 Å². The van der Waals surface area contributed by atoms with Gasteiger partial charge < -0.3 is 11.5 Å². The second-order valence-corrected chi connectivity index (χ2v) is 5.01. The first-order valence-electron chi connectivity index (χ1n) is 6.37. The first-order chi connectivity index (χ1) is 9.49. The molecule has 0 unspecified atom stereocenters. The summed E-state index contributed by atoms with van der Waals surface area (Å²) in [5.41, 5.74) is 15.1. The summed E-state index contributed by atoms with van der Waals surface area (Å²) >= 11 is 0. The van der Waals surface area contributed by atoms with Crippen molar-refractivity contribution in [3.05, 3.63) is 35.7 Å². The number of aromatic nitrogens is 5. The second kappa shape index (κ2) is 4.22. The molecule has 0 aliphatic heterocycles. The van der Waals surface area contributed by atoms with Crippen molar-refractivity contribution in [1.29, 1.82) is 0 Å². The van der Waals surface area contributed by atoms with Gasteiger partial charge in [-0.25, -0.2) is 14.1 Å². The van der Waals surface area contributed by atoms with E-state index >= 15 is 0 Å². The minimum absolute atomic E-state index is 0.538. The molecule has 0 spiro atoms. The van der Waals surface area contributed by atoms with Crippen molar-refractivity contribution >= 4 is 17.2 Å². The maximum atomic E-state index is 6.24. The summed E-state index contributed by atoms with van der Waals surface area (Å²) in [6.07, 6.45) is 6.29. The van der Waals surface area contributed by atoms with E-state index in [1.807, 2.05) is 33.4 Å². The van der Waals surface area contributed by atoms with E-state index in [-0.39, 0.29) is 0 Å². The van der Waals surface area contributed by atoms with Crippen LogP contribution >= 0.6 is 0 Å². The third kappa shape index (κ3) is 1.70. The molecule has 7 heteroatoms. The van der Waals surface area contributed by atoms with Gasteiger partial charge in [-0.3, -0.25) is 0 Å². The van der Waals surface area contributed by atoms with Gasteiger partial charge in [0.25, 0.3) is 5.82 Å². The highest BCUT2D eigenvalue weighted by Crippen LogP contribution is 2.22. The number of nitrogens with zero attached hydrogens (tertiary/aromatic N) is 5. The number of fused-ring (bicyclic) bond motifs is 1. The molecular weight excluding hydrogens is 254 g/mol. The predicted octanol–water partition coefficient (Wildman–Crippen LogP) is -0.0441. The van der Waals surface area contributed by atoms with E-state index in [2.05, 4.69) is 19.2 Å². The van der Waals surface area contributed by atoms with Crippen LogP contribution in [0.4, 0.5) is 11.5 Å². The van der Waals surface area contributed by atoms with E-state index in [1.54, 1.807) is 10.7 Å². The van der Waals surface area contributed by atoms with Crippen molar-refractivity contribution < 1.29 is 4.57 Å². The van der Waals surface area contributed by atoms with Gasteiger partial charge in [-0.1, -0.05) is 0 Å². The first kappa shape index (κ1) is 12.5. The molecule has 0 bridgehead atoms. The van der Waals surface area contributed by atoms with Crippen molar-refractivity contribution in [3.63, 3.8) is 0 Å². The molecule has 0 radical (unpaired) electrons. The average molecular weight is 272 g/mol. The summed E-state index contributed by atoms with van der Waals surface area (Å²) < 4.78 is 5.74. The summed E-state index contributed by atoms with van der Waals surface area (Å²) in [6.45, 7) is 1.95. The first-order valence-corrected chi connectivity index (χ1v) is 6.37. The summed E-state index contributed by atoms with van der Waals surface area (Å²) in [6, 6.07) is 0. The molecule has 7 nitrogen and oxygen atoms in total. The van der Waals surface area contributed by atoms with Crippen molar-refractivity contribution in [1.82, 2.24) is 19.2 Å². The molecule has 0 aromatic carbocycles. The van der Waals surface area contributed by atoms with E-state index in [4.69, 9.17) is 11.5 Å². The zero-order valence-electron chi connectivity index (χ0n) is 11.8.